The second kappa shape index (κ2) is 11.4. The number of thiophene rings is 1. The molecule has 0 aliphatic rings. The lowest BCUT2D eigenvalue weighted by Crippen LogP contribution is -2.29. The molecular formula is C25H18ClF3N4O6S. The van der Waals surface area contributed by atoms with Crippen molar-refractivity contribution in [2.24, 2.45) is 0 Å². The van der Waals surface area contributed by atoms with Gasteiger partial charge < -0.3 is 15.2 Å². The van der Waals surface area contributed by atoms with Crippen molar-refractivity contribution in [1.29, 1.82) is 0 Å². The van der Waals surface area contributed by atoms with E-state index in [9.17, 15) is 32.3 Å². The summed E-state index contributed by atoms with van der Waals surface area (Å²) in [4.78, 5) is 50.3. The predicted molar refractivity (Wildman–Crippen MR) is 139 cm³/mol. The maximum absolute atomic E-state index is 13.7. The highest BCUT2D eigenvalue weighted by molar-refractivity contribution is 7.16. The van der Waals surface area contributed by atoms with Crippen LogP contribution in [-0.2, 0) is 28.9 Å². The van der Waals surface area contributed by atoms with Crippen LogP contribution in [0.1, 0.15) is 20.8 Å². The van der Waals surface area contributed by atoms with Crippen LogP contribution in [0, 0.1) is 0 Å². The van der Waals surface area contributed by atoms with E-state index in [0.29, 0.717) is 9.02 Å². The Morgan fingerprint density at radius 1 is 1.12 bits per heavy atom. The third-order valence-corrected chi connectivity index (χ3v) is 6.83. The van der Waals surface area contributed by atoms with Crippen LogP contribution in [0.25, 0.3) is 11.4 Å². The number of benzene rings is 1. The smallest absolute Gasteiger partial charge is 0.417 e. The van der Waals surface area contributed by atoms with Crippen LogP contribution in [0.15, 0.2) is 59.4 Å². The molecule has 0 atom stereocenters. The number of aliphatic carboxylic acids is 1. The van der Waals surface area contributed by atoms with E-state index in [2.05, 4.69) is 10.4 Å². The predicted octanol–water partition coefficient (Wildman–Crippen LogP) is 4.41. The molecule has 2 N–H and O–H groups in total. The van der Waals surface area contributed by atoms with Gasteiger partial charge in [-0.2, -0.15) is 23.0 Å². The zero-order valence-electron chi connectivity index (χ0n) is 20.4. The minimum atomic E-state index is -4.84. The average Bonchev–Trinajstić information content (AvgIpc) is 3.53. The fourth-order valence-electron chi connectivity index (χ4n) is 3.75. The quantitative estimate of drug-likeness (QED) is 0.272. The highest BCUT2D eigenvalue weighted by atomic mass is 35.5. The Hall–Kier alpha value is -4.43. The van der Waals surface area contributed by atoms with E-state index in [1.54, 1.807) is 12.1 Å². The molecule has 0 saturated heterocycles. The van der Waals surface area contributed by atoms with Gasteiger partial charge in [-0.3, -0.25) is 19.0 Å². The number of alkyl halides is 3. The first-order chi connectivity index (χ1) is 18.9. The van der Waals surface area contributed by atoms with Gasteiger partial charge in [0.05, 0.1) is 41.4 Å². The van der Waals surface area contributed by atoms with Gasteiger partial charge >= 0.3 is 12.1 Å². The summed E-state index contributed by atoms with van der Waals surface area (Å²) in [6, 6.07) is 11.4. The Kier molecular flexibility index (Phi) is 8.11. The number of nitrogens with zero attached hydrogens (tertiary/aromatic N) is 3. The van der Waals surface area contributed by atoms with Crippen molar-refractivity contribution in [2.75, 3.05) is 12.4 Å². The number of methoxy groups -OCH3 is 1. The molecule has 0 saturated carbocycles. The molecule has 208 valence electrons. The zero-order valence-corrected chi connectivity index (χ0v) is 21.9. The summed E-state index contributed by atoms with van der Waals surface area (Å²) >= 11 is 7.20. The lowest BCUT2D eigenvalue weighted by molar-refractivity contribution is -0.149. The molecule has 1 aromatic carbocycles. The van der Waals surface area contributed by atoms with Gasteiger partial charge in [-0.05, 0) is 36.4 Å². The first-order valence-electron chi connectivity index (χ1n) is 11.2. The Morgan fingerprint density at radius 3 is 2.48 bits per heavy atom. The second-order valence-corrected chi connectivity index (χ2v) is 9.94. The van der Waals surface area contributed by atoms with Gasteiger partial charge in [0.2, 0.25) is 0 Å². The number of Topliss-reactive ketones (excluding diaryl/α,β-unsaturated/α-hetero) is 1. The van der Waals surface area contributed by atoms with E-state index < -0.39 is 47.1 Å². The number of halogens is 4. The normalized spacial score (nSPS) is 11.3. The van der Waals surface area contributed by atoms with Gasteiger partial charge in [0, 0.05) is 10.9 Å². The van der Waals surface area contributed by atoms with Crippen LogP contribution >= 0.6 is 22.9 Å². The van der Waals surface area contributed by atoms with E-state index in [-0.39, 0.29) is 29.5 Å². The number of hydrogen-bond acceptors (Lipinski definition) is 8. The van der Waals surface area contributed by atoms with Gasteiger partial charge in [0.25, 0.3) is 17.2 Å². The maximum atomic E-state index is 13.7. The van der Waals surface area contributed by atoms with Crippen LogP contribution in [-0.4, -0.2) is 44.2 Å². The molecule has 40 heavy (non-hydrogen) atoms. The summed E-state index contributed by atoms with van der Waals surface area (Å²) in [5, 5.41) is 16.2. The fraction of sp³-hybridized carbons (Fsp3) is 0.160. The molecule has 0 radical (unpaired) electrons. The number of ketones is 1. The highest BCUT2D eigenvalue weighted by Gasteiger charge is 2.36. The molecule has 0 unspecified atom stereocenters. The third-order valence-electron chi connectivity index (χ3n) is 5.60. The minimum absolute atomic E-state index is 0.0409. The number of aromatic nitrogens is 3. The van der Waals surface area contributed by atoms with Gasteiger partial charge in [-0.1, -0.05) is 23.7 Å². The van der Waals surface area contributed by atoms with Gasteiger partial charge in [0.1, 0.15) is 11.5 Å². The summed E-state index contributed by atoms with van der Waals surface area (Å²) in [5.74, 6) is -4.48. The summed E-state index contributed by atoms with van der Waals surface area (Å²) in [7, 11) is 1.20. The van der Waals surface area contributed by atoms with Crippen molar-refractivity contribution >= 4 is 46.4 Å². The van der Waals surface area contributed by atoms with E-state index in [4.69, 9.17) is 21.4 Å². The fourth-order valence-corrected chi connectivity index (χ4v) is 4.78. The standard InChI is InChI=1S/C25H18ClF3N4O6S/c1-39-19-8-7-17(32(23(19)36)12-18(34)24(37)38)16-10-21(30-11-13-6-9-20(26)40-13)33(31-16)22(35)14-4-2-3-5-15(14)25(27,28)29/h2-10,30H,11-12H2,1H3,(H,37,38). The number of nitrogens with one attached hydrogen (secondary N) is 1. The van der Waals surface area contributed by atoms with Gasteiger partial charge in [0.15, 0.2) is 5.75 Å². The molecule has 0 amide bonds. The molecule has 0 aliphatic carbocycles. The summed E-state index contributed by atoms with van der Waals surface area (Å²) in [5.41, 5.74) is -2.91. The van der Waals surface area contributed by atoms with Crippen LogP contribution < -0.4 is 15.6 Å². The van der Waals surface area contributed by atoms with Crippen LogP contribution in [0.3, 0.4) is 0 Å². The van der Waals surface area contributed by atoms with Crippen molar-refractivity contribution in [3.8, 4) is 17.1 Å². The van der Waals surface area contributed by atoms with Crippen LogP contribution in [0.4, 0.5) is 19.0 Å². The summed E-state index contributed by atoms with van der Waals surface area (Å²) in [6.45, 7) is -0.779. The average molecular weight is 595 g/mol. The van der Waals surface area contributed by atoms with Crippen molar-refractivity contribution in [2.45, 2.75) is 19.3 Å². The monoisotopic (exact) mass is 594 g/mol. The molecule has 0 spiro atoms. The molecule has 3 aromatic heterocycles. The zero-order chi connectivity index (χ0) is 29.2. The number of carbonyl (C=O) groups excluding carboxylic acids is 2. The third kappa shape index (κ3) is 5.92. The lowest BCUT2D eigenvalue weighted by Gasteiger charge is -2.13. The van der Waals surface area contributed by atoms with Crippen molar-refractivity contribution < 1.29 is 37.4 Å². The molecule has 4 aromatic rings. The Bertz CT molecular complexity index is 1680. The summed E-state index contributed by atoms with van der Waals surface area (Å²) in [6.07, 6.45) is -4.84. The van der Waals surface area contributed by atoms with Crippen molar-refractivity contribution in [3.05, 3.63) is 85.3 Å². The maximum Gasteiger partial charge on any atom is 0.417 e. The molecule has 0 aliphatic heterocycles. The number of pyridine rings is 1. The first kappa shape index (κ1) is 28.6. The number of carboxylic acids is 1. The number of carbonyl (C=O) groups is 3. The molecule has 10 nitrogen and oxygen atoms in total. The molecule has 0 bridgehead atoms. The Labute approximate surface area is 232 Å². The number of rotatable bonds is 9. The van der Waals surface area contributed by atoms with E-state index in [1.807, 2.05) is 0 Å². The molecule has 15 heteroatoms. The highest BCUT2D eigenvalue weighted by Crippen LogP contribution is 2.33. The van der Waals surface area contributed by atoms with E-state index in [1.165, 1.54) is 42.7 Å². The SMILES string of the molecule is COc1ccc(-c2cc(NCc3ccc(Cl)s3)n(C(=O)c3ccccc3C(F)(F)F)n2)n(CC(=O)C(=O)O)c1=O. The molecule has 0 fully saturated rings. The Morgan fingerprint density at radius 2 is 1.85 bits per heavy atom. The molecule has 4 rings (SSSR count). The number of carboxylic acid groups (broad SMARTS) is 1. The lowest BCUT2D eigenvalue weighted by atomic mass is 10.1. The second-order valence-electron chi connectivity index (χ2n) is 8.14. The number of anilines is 1. The minimum Gasteiger partial charge on any atom is -0.491 e. The topological polar surface area (TPSA) is 133 Å². The largest absolute Gasteiger partial charge is 0.491 e. The van der Waals surface area contributed by atoms with Crippen molar-refractivity contribution in [1.82, 2.24) is 14.3 Å². The number of ether oxygens (including phenoxy) is 1. The van der Waals surface area contributed by atoms with Crippen LogP contribution in [0.2, 0.25) is 4.34 Å². The Balaban J connectivity index is 1.87. The first-order valence-corrected chi connectivity index (χ1v) is 12.4. The van der Waals surface area contributed by atoms with Crippen molar-refractivity contribution in [3.63, 3.8) is 0 Å². The van der Waals surface area contributed by atoms with Gasteiger partial charge in [-0.25, -0.2) is 4.79 Å². The molecular weight excluding hydrogens is 577 g/mol. The molecule has 3 heterocycles. The summed E-state index contributed by atoms with van der Waals surface area (Å²) < 4.78 is 48.0. The van der Waals surface area contributed by atoms with E-state index in [0.717, 1.165) is 27.6 Å². The number of hydrogen-bond donors (Lipinski definition) is 2. The van der Waals surface area contributed by atoms with E-state index >= 15 is 0 Å². The van der Waals surface area contributed by atoms with Gasteiger partial charge in [-0.15, -0.1) is 11.3 Å². The van der Waals surface area contributed by atoms with Crippen LogP contribution in [0.5, 0.6) is 5.75 Å².